The summed E-state index contributed by atoms with van der Waals surface area (Å²) in [5.41, 5.74) is 0.307. The van der Waals surface area contributed by atoms with Crippen molar-refractivity contribution in [1.29, 1.82) is 0 Å². The van der Waals surface area contributed by atoms with E-state index in [4.69, 9.17) is 14.5 Å². The molecule has 1 heterocycles. The molecule has 1 aromatic heterocycles. The molecule has 8 nitrogen and oxygen atoms in total. The van der Waals surface area contributed by atoms with Gasteiger partial charge in [0.2, 0.25) is 0 Å². The first-order valence-corrected chi connectivity index (χ1v) is 9.45. The standard InChI is InChI=1S/C18H34N6O2/c1-15-22-23-16(24(15)2)13-20-17(19-10-12-26-4)21-14-18(9-11-25-3)7-5-6-8-18/h5-14H2,1-4H3,(H2,19,20,21). The highest BCUT2D eigenvalue weighted by atomic mass is 16.5. The first-order chi connectivity index (χ1) is 12.6. The van der Waals surface area contributed by atoms with Crippen molar-refractivity contribution < 1.29 is 9.47 Å². The highest BCUT2D eigenvalue weighted by Gasteiger charge is 2.33. The summed E-state index contributed by atoms with van der Waals surface area (Å²) in [7, 11) is 5.44. The van der Waals surface area contributed by atoms with E-state index in [-0.39, 0.29) is 0 Å². The Morgan fingerprint density at radius 1 is 1.15 bits per heavy atom. The molecule has 0 aliphatic heterocycles. The second-order valence-corrected chi connectivity index (χ2v) is 7.11. The van der Waals surface area contributed by atoms with Crippen LogP contribution in [0, 0.1) is 12.3 Å². The number of methoxy groups -OCH3 is 2. The molecule has 0 amide bonds. The van der Waals surface area contributed by atoms with Crippen LogP contribution in [-0.2, 0) is 23.1 Å². The van der Waals surface area contributed by atoms with Gasteiger partial charge in [0.1, 0.15) is 12.4 Å². The second kappa shape index (κ2) is 10.5. The van der Waals surface area contributed by atoms with Crippen LogP contribution in [0.2, 0.25) is 0 Å². The third-order valence-corrected chi connectivity index (χ3v) is 5.29. The number of hydrogen-bond acceptors (Lipinski definition) is 5. The summed E-state index contributed by atoms with van der Waals surface area (Å²) in [6, 6.07) is 0. The fourth-order valence-electron chi connectivity index (χ4n) is 3.41. The molecule has 1 fully saturated rings. The maximum Gasteiger partial charge on any atom is 0.191 e. The molecule has 8 heteroatoms. The van der Waals surface area contributed by atoms with Crippen molar-refractivity contribution in [1.82, 2.24) is 25.4 Å². The lowest BCUT2D eigenvalue weighted by Crippen LogP contribution is -2.44. The summed E-state index contributed by atoms with van der Waals surface area (Å²) >= 11 is 0. The number of aromatic nitrogens is 3. The number of rotatable bonds is 10. The van der Waals surface area contributed by atoms with Gasteiger partial charge in [0, 0.05) is 41.0 Å². The third-order valence-electron chi connectivity index (χ3n) is 5.29. The summed E-state index contributed by atoms with van der Waals surface area (Å²) < 4.78 is 12.4. The van der Waals surface area contributed by atoms with Gasteiger partial charge in [0.05, 0.1) is 6.61 Å². The largest absolute Gasteiger partial charge is 0.385 e. The van der Waals surface area contributed by atoms with Crippen LogP contribution >= 0.6 is 0 Å². The zero-order valence-corrected chi connectivity index (χ0v) is 16.7. The van der Waals surface area contributed by atoms with Gasteiger partial charge in [-0.05, 0) is 31.6 Å². The molecule has 0 unspecified atom stereocenters. The normalized spacial score (nSPS) is 16.8. The molecule has 26 heavy (non-hydrogen) atoms. The van der Waals surface area contributed by atoms with Gasteiger partial charge >= 0.3 is 0 Å². The Hall–Kier alpha value is -1.67. The third kappa shape index (κ3) is 5.95. The molecule has 0 saturated heterocycles. The minimum Gasteiger partial charge on any atom is -0.385 e. The number of nitrogens with zero attached hydrogens (tertiary/aromatic N) is 4. The number of nitrogens with one attached hydrogen (secondary N) is 2. The number of guanidine groups is 1. The molecule has 1 aliphatic carbocycles. The minimum absolute atomic E-state index is 0.307. The van der Waals surface area contributed by atoms with Crippen molar-refractivity contribution in [2.45, 2.75) is 45.6 Å². The lowest BCUT2D eigenvalue weighted by molar-refractivity contribution is 0.138. The van der Waals surface area contributed by atoms with Crippen molar-refractivity contribution in [2.24, 2.45) is 17.5 Å². The van der Waals surface area contributed by atoms with Gasteiger partial charge in [-0.15, -0.1) is 10.2 Å². The lowest BCUT2D eigenvalue weighted by Gasteiger charge is -2.30. The predicted octanol–water partition coefficient (Wildman–Crippen LogP) is 1.40. The quantitative estimate of drug-likeness (QED) is 0.370. The van der Waals surface area contributed by atoms with Gasteiger partial charge in [-0.3, -0.25) is 0 Å². The maximum absolute atomic E-state index is 5.33. The Morgan fingerprint density at radius 2 is 1.88 bits per heavy atom. The maximum atomic E-state index is 5.33. The van der Waals surface area contributed by atoms with Crippen LogP contribution in [0.25, 0.3) is 0 Å². The van der Waals surface area contributed by atoms with Crippen molar-refractivity contribution in [3.63, 3.8) is 0 Å². The van der Waals surface area contributed by atoms with Gasteiger partial charge in [-0.25, -0.2) is 4.99 Å². The molecule has 1 saturated carbocycles. The fourth-order valence-corrected chi connectivity index (χ4v) is 3.41. The molecular formula is C18H34N6O2. The molecule has 1 aliphatic rings. The van der Waals surface area contributed by atoms with Crippen LogP contribution in [0.3, 0.4) is 0 Å². The Morgan fingerprint density at radius 3 is 2.50 bits per heavy atom. The van der Waals surface area contributed by atoms with Crippen LogP contribution in [0.15, 0.2) is 4.99 Å². The van der Waals surface area contributed by atoms with Gasteiger partial charge < -0.3 is 24.7 Å². The number of aryl methyl sites for hydroxylation is 1. The van der Waals surface area contributed by atoms with E-state index in [1.54, 1.807) is 14.2 Å². The zero-order chi connectivity index (χ0) is 18.8. The number of hydrogen-bond donors (Lipinski definition) is 2. The highest BCUT2D eigenvalue weighted by Crippen LogP contribution is 2.40. The van der Waals surface area contributed by atoms with Crippen molar-refractivity contribution in [3.05, 3.63) is 11.6 Å². The molecule has 2 N–H and O–H groups in total. The van der Waals surface area contributed by atoms with E-state index in [0.717, 1.165) is 37.2 Å². The zero-order valence-electron chi connectivity index (χ0n) is 16.7. The Labute approximate surface area is 156 Å². The van der Waals surface area contributed by atoms with E-state index < -0.39 is 0 Å². The SMILES string of the molecule is COCCNC(=NCc1nnc(C)n1C)NCC1(CCOC)CCCC1. The molecule has 0 atom stereocenters. The smallest absolute Gasteiger partial charge is 0.191 e. The van der Waals surface area contributed by atoms with E-state index in [1.165, 1.54) is 25.7 Å². The Kier molecular flexibility index (Phi) is 8.31. The predicted molar refractivity (Wildman–Crippen MR) is 102 cm³/mol. The van der Waals surface area contributed by atoms with E-state index in [1.807, 2.05) is 18.5 Å². The average molecular weight is 367 g/mol. The molecular weight excluding hydrogens is 332 g/mol. The van der Waals surface area contributed by atoms with Gasteiger partial charge in [-0.2, -0.15) is 0 Å². The summed E-state index contributed by atoms with van der Waals surface area (Å²) in [4.78, 5) is 4.70. The molecule has 0 spiro atoms. The molecule has 0 radical (unpaired) electrons. The van der Waals surface area contributed by atoms with Crippen LogP contribution in [-0.4, -0.2) is 61.2 Å². The monoisotopic (exact) mass is 366 g/mol. The van der Waals surface area contributed by atoms with Gasteiger partial charge in [0.15, 0.2) is 11.8 Å². The van der Waals surface area contributed by atoms with Crippen LogP contribution < -0.4 is 10.6 Å². The summed E-state index contributed by atoms with van der Waals surface area (Å²) in [6.07, 6.45) is 6.18. The van der Waals surface area contributed by atoms with Gasteiger partial charge in [0.25, 0.3) is 0 Å². The van der Waals surface area contributed by atoms with Gasteiger partial charge in [-0.1, -0.05) is 12.8 Å². The van der Waals surface area contributed by atoms with Crippen LogP contribution in [0.5, 0.6) is 0 Å². The van der Waals surface area contributed by atoms with Crippen LogP contribution in [0.4, 0.5) is 0 Å². The average Bonchev–Trinajstić information content (AvgIpc) is 3.24. The first-order valence-electron chi connectivity index (χ1n) is 9.45. The number of aliphatic imine (C=N–C) groups is 1. The topological polar surface area (TPSA) is 85.6 Å². The number of ether oxygens (including phenoxy) is 2. The summed E-state index contributed by atoms with van der Waals surface area (Å²) in [5.74, 6) is 2.54. The molecule has 2 rings (SSSR count). The molecule has 148 valence electrons. The van der Waals surface area contributed by atoms with E-state index >= 15 is 0 Å². The van der Waals surface area contributed by atoms with E-state index in [9.17, 15) is 0 Å². The summed E-state index contributed by atoms with van der Waals surface area (Å²) in [5, 5.41) is 15.2. The van der Waals surface area contributed by atoms with Crippen molar-refractivity contribution >= 4 is 5.96 Å². The Balaban J connectivity index is 1.98. The van der Waals surface area contributed by atoms with E-state index in [0.29, 0.717) is 25.1 Å². The second-order valence-electron chi connectivity index (χ2n) is 7.11. The minimum atomic E-state index is 0.307. The molecule has 0 bridgehead atoms. The van der Waals surface area contributed by atoms with Crippen molar-refractivity contribution in [2.75, 3.05) is 40.5 Å². The fraction of sp³-hybridized carbons (Fsp3) is 0.833. The summed E-state index contributed by atoms with van der Waals surface area (Å²) in [6.45, 7) is 5.50. The Bertz CT molecular complexity index is 566. The van der Waals surface area contributed by atoms with Crippen LogP contribution in [0.1, 0.15) is 43.8 Å². The van der Waals surface area contributed by atoms with Crippen molar-refractivity contribution in [3.8, 4) is 0 Å². The lowest BCUT2D eigenvalue weighted by atomic mass is 9.83. The first kappa shape index (κ1) is 20.6. The van der Waals surface area contributed by atoms with E-state index in [2.05, 4.69) is 20.8 Å². The molecule has 0 aromatic carbocycles. The molecule has 1 aromatic rings. The highest BCUT2D eigenvalue weighted by molar-refractivity contribution is 5.79.